The summed E-state index contributed by atoms with van der Waals surface area (Å²) >= 11 is 0. The summed E-state index contributed by atoms with van der Waals surface area (Å²) < 4.78 is 41.0. The molecule has 5 rings (SSSR count). The standard InChI is InChI=1S/C21H20N4O5S/c26-21-6-4-17(15-2-1-8-22-11-15)23-25(21)19-13-29-12-18(19)24-31(27,28)16-3-5-20-14(10-16)7-9-30-20/h1-6,8,10-11,18-19,24H,7,9,12-13H2. The average molecular weight is 440 g/mol. The molecule has 1 aromatic carbocycles. The minimum absolute atomic E-state index is 0.142. The first-order valence-corrected chi connectivity index (χ1v) is 11.4. The van der Waals surface area contributed by atoms with Crippen molar-refractivity contribution < 1.29 is 17.9 Å². The second-order valence-corrected chi connectivity index (χ2v) is 9.16. The molecule has 1 N–H and O–H groups in total. The van der Waals surface area contributed by atoms with Crippen LogP contribution in [0.1, 0.15) is 11.6 Å². The van der Waals surface area contributed by atoms with E-state index in [0.717, 1.165) is 11.1 Å². The van der Waals surface area contributed by atoms with E-state index in [1.807, 2.05) is 6.07 Å². The Hall–Kier alpha value is -3.08. The van der Waals surface area contributed by atoms with Crippen molar-refractivity contribution in [2.75, 3.05) is 19.8 Å². The molecule has 0 bridgehead atoms. The first kappa shape index (κ1) is 19.9. The van der Waals surface area contributed by atoms with Gasteiger partial charge in [-0.25, -0.2) is 17.8 Å². The van der Waals surface area contributed by atoms with E-state index in [0.29, 0.717) is 24.5 Å². The molecule has 2 unspecified atom stereocenters. The van der Waals surface area contributed by atoms with Crippen molar-refractivity contribution in [3.05, 3.63) is 70.8 Å². The molecule has 0 saturated carbocycles. The van der Waals surface area contributed by atoms with Crippen molar-refractivity contribution in [3.8, 4) is 17.0 Å². The summed E-state index contributed by atoms with van der Waals surface area (Å²) in [5.41, 5.74) is 1.86. The van der Waals surface area contributed by atoms with Crippen molar-refractivity contribution in [2.45, 2.75) is 23.4 Å². The molecule has 9 nitrogen and oxygen atoms in total. The molecule has 4 heterocycles. The van der Waals surface area contributed by atoms with E-state index in [-0.39, 0.29) is 23.7 Å². The van der Waals surface area contributed by atoms with Crippen molar-refractivity contribution in [1.29, 1.82) is 0 Å². The van der Waals surface area contributed by atoms with Gasteiger partial charge in [-0.3, -0.25) is 9.78 Å². The Labute approximate surface area is 178 Å². The summed E-state index contributed by atoms with van der Waals surface area (Å²) in [6.45, 7) is 0.866. The number of hydrogen-bond donors (Lipinski definition) is 1. The molecule has 31 heavy (non-hydrogen) atoms. The van der Waals surface area contributed by atoms with Crippen LogP contribution in [0.5, 0.6) is 5.75 Å². The molecule has 2 atom stereocenters. The van der Waals surface area contributed by atoms with E-state index >= 15 is 0 Å². The van der Waals surface area contributed by atoms with Gasteiger partial charge in [0.05, 0.1) is 42.5 Å². The van der Waals surface area contributed by atoms with E-state index in [2.05, 4.69) is 14.8 Å². The fourth-order valence-corrected chi connectivity index (χ4v) is 5.13. The van der Waals surface area contributed by atoms with Crippen LogP contribution in [0.2, 0.25) is 0 Å². The molecule has 2 aromatic heterocycles. The number of benzene rings is 1. The second kappa shape index (κ2) is 7.88. The maximum absolute atomic E-state index is 13.0. The smallest absolute Gasteiger partial charge is 0.267 e. The maximum atomic E-state index is 13.0. The van der Waals surface area contributed by atoms with Gasteiger partial charge in [0.25, 0.3) is 5.56 Å². The van der Waals surface area contributed by atoms with Crippen LogP contribution in [-0.2, 0) is 21.2 Å². The Bertz CT molecular complexity index is 1280. The highest BCUT2D eigenvalue weighted by molar-refractivity contribution is 7.89. The normalized spacial score (nSPS) is 20.4. The zero-order valence-corrected chi connectivity index (χ0v) is 17.3. The first-order valence-electron chi connectivity index (χ1n) is 9.87. The Morgan fingerprint density at radius 1 is 1.13 bits per heavy atom. The number of hydrogen-bond acceptors (Lipinski definition) is 7. The van der Waals surface area contributed by atoms with Crippen LogP contribution in [0.25, 0.3) is 11.3 Å². The molecule has 0 radical (unpaired) electrons. The summed E-state index contributed by atoms with van der Waals surface area (Å²) in [7, 11) is -3.82. The number of sulfonamides is 1. The lowest BCUT2D eigenvalue weighted by Gasteiger charge is -2.21. The van der Waals surface area contributed by atoms with Crippen molar-refractivity contribution in [3.63, 3.8) is 0 Å². The summed E-state index contributed by atoms with van der Waals surface area (Å²) in [6, 6.07) is 10.3. The van der Waals surface area contributed by atoms with Gasteiger partial charge in [0.15, 0.2) is 0 Å². The van der Waals surface area contributed by atoms with Crippen LogP contribution in [0.3, 0.4) is 0 Å². The van der Waals surface area contributed by atoms with Gasteiger partial charge in [-0.1, -0.05) is 0 Å². The average Bonchev–Trinajstić information content (AvgIpc) is 3.43. The lowest BCUT2D eigenvalue weighted by atomic mass is 10.2. The second-order valence-electron chi connectivity index (χ2n) is 7.44. The number of nitrogens with zero attached hydrogens (tertiary/aromatic N) is 3. The Morgan fingerprint density at radius 3 is 2.87 bits per heavy atom. The monoisotopic (exact) mass is 440 g/mol. The Kier molecular flexibility index (Phi) is 5.05. The van der Waals surface area contributed by atoms with Crippen LogP contribution >= 0.6 is 0 Å². The highest BCUT2D eigenvalue weighted by atomic mass is 32.2. The van der Waals surface area contributed by atoms with E-state index in [1.165, 1.54) is 16.8 Å². The molecule has 2 aliphatic rings. The topological polar surface area (TPSA) is 112 Å². The highest BCUT2D eigenvalue weighted by Gasteiger charge is 2.35. The number of aromatic nitrogens is 3. The third kappa shape index (κ3) is 3.85. The van der Waals surface area contributed by atoms with Gasteiger partial charge in [-0.15, -0.1) is 0 Å². The number of fused-ring (bicyclic) bond motifs is 1. The van der Waals surface area contributed by atoms with Crippen molar-refractivity contribution in [1.82, 2.24) is 19.5 Å². The molecule has 3 aromatic rings. The van der Waals surface area contributed by atoms with Gasteiger partial charge in [-0.05, 0) is 42.0 Å². The first-order chi connectivity index (χ1) is 15.0. The summed E-state index contributed by atoms with van der Waals surface area (Å²) in [4.78, 5) is 16.8. The number of ether oxygens (including phenoxy) is 2. The van der Waals surface area contributed by atoms with Crippen LogP contribution in [-0.4, -0.2) is 49.0 Å². The lowest BCUT2D eigenvalue weighted by Crippen LogP contribution is -2.44. The Morgan fingerprint density at radius 2 is 2.03 bits per heavy atom. The zero-order chi connectivity index (χ0) is 21.4. The van der Waals surface area contributed by atoms with Gasteiger partial charge in [-0.2, -0.15) is 5.10 Å². The number of rotatable bonds is 5. The van der Waals surface area contributed by atoms with E-state index in [1.54, 1.807) is 36.7 Å². The molecule has 1 saturated heterocycles. The van der Waals surface area contributed by atoms with Crippen molar-refractivity contribution in [2.24, 2.45) is 0 Å². The zero-order valence-electron chi connectivity index (χ0n) is 16.5. The number of pyridine rings is 1. The molecule has 0 spiro atoms. The molecule has 1 fully saturated rings. The summed E-state index contributed by atoms with van der Waals surface area (Å²) in [5, 5.41) is 4.46. The molecule has 10 heteroatoms. The molecule has 0 amide bonds. The number of nitrogens with one attached hydrogen (secondary N) is 1. The third-order valence-corrected chi connectivity index (χ3v) is 6.91. The highest BCUT2D eigenvalue weighted by Crippen LogP contribution is 2.28. The quantitative estimate of drug-likeness (QED) is 0.633. The van der Waals surface area contributed by atoms with Crippen LogP contribution in [0.15, 0.2) is 64.5 Å². The molecular weight excluding hydrogens is 420 g/mol. The van der Waals surface area contributed by atoms with Gasteiger partial charge >= 0.3 is 0 Å². The minimum Gasteiger partial charge on any atom is -0.493 e. The maximum Gasteiger partial charge on any atom is 0.267 e. The van der Waals surface area contributed by atoms with Gasteiger partial charge < -0.3 is 9.47 Å². The molecule has 160 valence electrons. The van der Waals surface area contributed by atoms with Crippen molar-refractivity contribution >= 4 is 10.0 Å². The van der Waals surface area contributed by atoms with Crippen LogP contribution in [0.4, 0.5) is 0 Å². The molecular formula is C21H20N4O5S. The van der Waals surface area contributed by atoms with E-state index in [4.69, 9.17) is 9.47 Å². The van der Waals surface area contributed by atoms with Gasteiger partial charge in [0.1, 0.15) is 5.75 Å². The van der Waals surface area contributed by atoms with Gasteiger partial charge in [0.2, 0.25) is 10.0 Å². The molecule has 0 aliphatic carbocycles. The fourth-order valence-electron chi connectivity index (χ4n) is 3.83. The predicted octanol–water partition coefficient (Wildman–Crippen LogP) is 1.16. The lowest BCUT2D eigenvalue weighted by molar-refractivity contribution is 0.182. The van der Waals surface area contributed by atoms with E-state index < -0.39 is 22.1 Å². The SMILES string of the molecule is O=c1ccc(-c2cccnc2)nn1C1COCC1NS(=O)(=O)c1ccc2c(c1)CCO2. The Balaban J connectivity index is 1.43. The summed E-state index contributed by atoms with van der Waals surface area (Å²) in [5.74, 6) is 0.712. The van der Waals surface area contributed by atoms with E-state index in [9.17, 15) is 13.2 Å². The van der Waals surface area contributed by atoms with Gasteiger partial charge in [0, 0.05) is 30.4 Å². The fraction of sp³-hybridized carbons (Fsp3) is 0.286. The molecule has 2 aliphatic heterocycles. The van der Waals surface area contributed by atoms with Crippen LogP contribution < -0.4 is 15.0 Å². The minimum atomic E-state index is -3.82. The summed E-state index contributed by atoms with van der Waals surface area (Å²) in [6.07, 6.45) is 3.98. The third-order valence-electron chi connectivity index (χ3n) is 5.42. The largest absolute Gasteiger partial charge is 0.493 e. The predicted molar refractivity (Wildman–Crippen MR) is 111 cm³/mol. The van der Waals surface area contributed by atoms with Crippen LogP contribution in [0, 0.1) is 0 Å².